The number of allylic oxidation sites excluding steroid dienone is 3. The molecule has 246 valence electrons. The highest BCUT2D eigenvalue weighted by atomic mass is 32.1. The zero-order valence-corrected chi connectivity index (χ0v) is 29.1. The first-order valence-corrected chi connectivity index (χ1v) is 19.2. The van der Waals surface area contributed by atoms with Crippen LogP contribution >= 0.6 is 11.3 Å². The van der Waals surface area contributed by atoms with Crippen LogP contribution in [-0.4, -0.2) is 22.7 Å². The average molecular weight is 678 g/mol. The van der Waals surface area contributed by atoms with Crippen LogP contribution in [0.4, 0.5) is 0 Å². The number of aliphatic imine (C=N–C) groups is 1. The van der Waals surface area contributed by atoms with Crippen molar-refractivity contribution in [1.82, 2.24) is 9.97 Å². The second kappa shape index (κ2) is 11.3. The maximum atomic E-state index is 7.11. The molecule has 4 nitrogen and oxygen atoms in total. The van der Waals surface area contributed by atoms with E-state index in [1.54, 1.807) is 11.3 Å². The Morgan fingerprint density at radius 1 is 0.706 bits per heavy atom. The first kappa shape index (κ1) is 29.4. The van der Waals surface area contributed by atoms with E-state index in [2.05, 4.69) is 114 Å². The van der Waals surface area contributed by atoms with Crippen LogP contribution in [0.3, 0.4) is 0 Å². The van der Waals surface area contributed by atoms with Crippen LogP contribution in [0, 0.1) is 0 Å². The molecule has 3 aromatic heterocycles. The third-order valence-electron chi connectivity index (χ3n) is 11.7. The van der Waals surface area contributed by atoms with Gasteiger partial charge in [-0.1, -0.05) is 110 Å². The normalized spacial score (nSPS) is 17.2. The van der Waals surface area contributed by atoms with Crippen molar-refractivity contribution in [1.29, 1.82) is 0 Å². The molecule has 0 saturated heterocycles. The second-order valence-corrected chi connectivity index (χ2v) is 15.4. The van der Waals surface area contributed by atoms with Crippen molar-refractivity contribution in [2.24, 2.45) is 4.99 Å². The zero-order chi connectivity index (χ0) is 33.5. The van der Waals surface area contributed by atoms with Crippen molar-refractivity contribution in [3.63, 3.8) is 0 Å². The number of thiophene rings is 1. The van der Waals surface area contributed by atoms with Gasteiger partial charge in [0.2, 0.25) is 0 Å². The van der Waals surface area contributed by atoms with Gasteiger partial charge >= 0.3 is 0 Å². The Morgan fingerprint density at radius 3 is 2.29 bits per heavy atom. The van der Waals surface area contributed by atoms with E-state index in [-0.39, 0.29) is 5.41 Å². The number of para-hydroxylation sites is 2. The van der Waals surface area contributed by atoms with Crippen molar-refractivity contribution in [3.05, 3.63) is 124 Å². The van der Waals surface area contributed by atoms with Crippen molar-refractivity contribution < 1.29 is 4.42 Å². The number of benzene rings is 4. The van der Waals surface area contributed by atoms with E-state index in [4.69, 9.17) is 14.4 Å². The number of rotatable bonds is 3. The zero-order valence-electron chi connectivity index (χ0n) is 28.3. The Labute approximate surface area is 299 Å². The van der Waals surface area contributed by atoms with E-state index >= 15 is 0 Å². The molecule has 11 rings (SSSR count). The molecule has 7 aromatic rings. The van der Waals surface area contributed by atoms with Gasteiger partial charge in [-0.25, -0.2) is 9.97 Å². The lowest BCUT2D eigenvalue weighted by atomic mass is 9.66. The molecule has 1 saturated carbocycles. The van der Waals surface area contributed by atoms with Crippen LogP contribution in [-0.2, 0) is 5.41 Å². The Kier molecular flexibility index (Phi) is 6.51. The Bertz CT molecular complexity index is 2820. The summed E-state index contributed by atoms with van der Waals surface area (Å²) in [6.07, 6.45) is 20.9. The Hall–Kier alpha value is -5.39. The van der Waals surface area contributed by atoms with Crippen LogP contribution < -0.4 is 9.75 Å². The standard InChI is InChI=1S/C46H35N3OS/c1-3-13-35-38(21-4-1)51-44-40(28-22-26-47-27-23-28)48-45(49-41(35)44)36-19-11-18-34-33-17-10-16-32(42(33)50-43(34)36)31-15-9-14-30-29-12-5-6-20-37(29)46(39(30)31)24-7-2-8-25-46/h1,4-6,9-22,26H,2-3,7-8,23-25,27H2. The smallest absolute Gasteiger partial charge is 0.164 e. The van der Waals surface area contributed by atoms with Crippen LogP contribution in [0.2, 0.25) is 0 Å². The predicted molar refractivity (Wildman–Crippen MR) is 213 cm³/mol. The summed E-state index contributed by atoms with van der Waals surface area (Å²) < 4.78 is 9.48. The van der Waals surface area contributed by atoms with Gasteiger partial charge in [-0.2, -0.15) is 0 Å². The average Bonchev–Trinajstić information content (AvgIpc) is 3.76. The number of aromatic nitrogens is 2. The highest BCUT2D eigenvalue weighted by Crippen LogP contribution is 2.58. The molecule has 4 aromatic carbocycles. The summed E-state index contributed by atoms with van der Waals surface area (Å²) in [6.45, 7) is 0.774. The molecule has 0 atom stereocenters. The molecule has 5 heteroatoms. The number of nitrogens with zero attached hydrogens (tertiary/aromatic N) is 3. The van der Waals surface area contributed by atoms with E-state index in [1.807, 2.05) is 6.21 Å². The van der Waals surface area contributed by atoms with E-state index in [9.17, 15) is 0 Å². The molecule has 51 heavy (non-hydrogen) atoms. The van der Waals surface area contributed by atoms with E-state index < -0.39 is 0 Å². The van der Waals surface area contributed by atoms with Gasteiger partial charge in [0.05, 0.1) is 21.5 Å². The predicted octanol–water partition coefficient (Wildman–Crippen LogP) is 10.5. The quantitative estimate of drug-likeness (QED) is 0.187. The van der Waals surface area contributed by atoms with Gasteiger partial charge in [0.25, 0.3) is 0 Å². The maximum Gasteiger partial charge on any atom is 0.164 e. The maximum absolute atomic E-state index is 7.11. The summed E-state index contributed by atoms with van der Waals surface area (Å²) >= 11 is 1.79. The van der Waals surface area contributed by atoms with Gasteiger partial charge in [-0.3, -0.25) is 4.99 Å². The molecule has 4 aliphatic rings. The van der Waals surface area contributed by atoms with Gasteiger partial charge < -0.3 is 4.42 Å². The summed E-state index contributed by atoms with van der Waals surface area (Å²) in [7, 11) is 0. The summed E-state index contributed by atoms with van der Waals surface area (Å²) in [5.74, 6) is 0.704. The summed E-state index contributed by atoms with van der Waals surface area (Å²) in [5.41, 5.74) is 14.2. The number of hydrogen-bond acceptors (Lipinski definition) is 5. The number of dihydropyridines is 1. The minimum Gasteiger partial charge on any atom is -0.455 e. The van der Waals surface area contributed by atoms with Gasteiger partial charge in [0, 0.05) is 44.3 Å². The van der Waals surface area contributed by atoms with Gasteiger partial charge in [-0.15, -0.1) is 11.3 Å². The Balaban J connectivity index is 1.16. The highest BCUT2D eigenvalue weighted by molar-refractivity contribution is 7.17. The molecule has 0 N–H and O–H groups in total. The SMILES string of the molecule is C1=CCC=c2c(sc3c(C4=CC=NCC4)nc(-c4cccc5c4oc4c(-c6cccc7c6C6(CCCCC6)c6ccccc6-7)cccc45)nc23)=C1. The molecule has 1 aliphatic heterocycles. The fourth-order valence-electron chi connectivity index (χ4n) is 9.44. The van der Waals surface area contributed by atoms with Crippen LogP contribution in [0.1, 0.15) is 61.8 Å². The second-order valence-electron chi connectivity index (χ2n) is 14.4. The van der Waals surface area contributed by atoms with Crippen LogP contribution in [0.5, 0.6) is 0 Å². The molecule has 0 bridgehead atoms. The van der Waals surface area contributed by atoms with Crippen molar-refractivity contribution in [3.8, 4) is 33.6 Å². The minimum atomic E-state index is 0.0425. The lowest BCUT2D eigenvalue weighted by molar-refractivity contribution is 0.353. The number of hydrogen-bond donors (Lipinski definition) is 0. The molecule has 0 amide bonds. The summed E-state index contributed by atoms with van der Waals surface area (Å²) in [5, 5.41) is 3.42. The molecule has 1 spiro atoms. The number of furan rings is 1. The summed E-state index contributed by atoms with van der Waals surface area (Å²) in [4.78, 5) is 15.2. The third kappa shape index (κ3) is 4.28. The third-order valence-corrected chi connectivity index (χ3v) is 12.8. The molecule has 4 heterocycles. The Morgan fingerprint density at radius 2 is 1.45 bits per heavy atom. The fourth-order valence-corrected chi connectivity index (χ4v) is 10.6. The molecular formula is C46H35N3OS. The van der Waals surface area contributed by atoms with E-state index in [0.29, 0.717) is 5.82 Å². The summed E-state index contributed by atoms with van der Waals surface area (Å²) in [6, 6.07) is 29.2. The van der Waals surface area contributed by atoms with E-state index in [1.165, 1.54) is 75.2 Å². The van der Waals surface area contributed by atoms with Gasteiger partial charge in [0.15, 0.2) is 5.82 Å². The minimum absolute atomic E-state index is 0.0425. The molecule has 1 fully saturated rings. The van der Waals surface area contributed by atoms with Gasteiger partial charge in [-0.05, 0) is 77.3 Å². The van der Waals surface area contributed by atoms with Crippen molar-refractivity contribution in [2.75, 3.05) is 6.54 Å². The topological polar surface area (TPSA) is 51.3 Å². The lowest BCUT2D eigenvalue weighted by Gasteiger charge is -2.37. The van der Waals surface area contributed by atoms with Crippen LogP contribution in [0.25, 0.3) is 83.5 Å². The van der Waals surface area contributed by atoms with E-state index in [0.717, 1.165) is 68.4 Å². The number of fused-ring (bicyclic) bond motifs is 11. The lowest BCUT2D eigenvalue weighted by Crippen LogP contribution is -2.28. The monoisotopic (exact) mass is 677 g/mol. The first-order valence-electron chi connectivity index (χ1n) is 18.3. The molecule has 0 unspecified atom stereocenters. The highest BCUT2D eigenvalue weighted by Gasteiger charge is 2.45. The molecular weight excluding hydrogens is 643 g/mol. The van der Waals surface area contributed by atoms with Crippen molar-refractivity contribution in [2.45, 2.75) is 50.4 Å². The fraction of sp³-hybridized carbons (Fsp3) is 0.196. The first-order chi connectivity index (χ1) is 25.3. The van der Waals surface area contributed by atoms with Crippen LogP contribution in [0.15, 0.2) is 107 Å². The molecule has 0 radical (unpaired) electrons. The largest absolute Gasteiger partial charge is 0.455 e. The molecule has 3 aliphatic carbocycles. The van der Waals surface area contributed by atoms with Crippen molar-refractivity contribution >= 4 is 67.4 Å². The van der Waals surface area contributed by atoms with Gasteiger partial charge in [0.1, 0.15) is 11.2 Å².